The van der Waals surface area contributed by atoms with E-state index in [1.807, 2.05) is 29.6 Å². The number of rotatable bonds is 4. The maximum atomic E-state index is 12.6. The number of nitrogens with zero attached hydrogens (tertiary/aromatic N) is 8. The normalized spacial score (nSPS) is 15.3. The lowest BCUT2D eigenvalue weighted by molar-refractivity contribution is 0.0704. The van der Waals surface area contributed by atoms with E-state index in [0.717, 1.165) is 30.2 Å². The van der Waals surface area contributed by atoms with Crippen LogP contribution < -0.4 is 0 Å². The highest BCUT2D eigenvalue weighted by Crippen LogP contribution is 2.27. The van der Waals surface area contributed by atoms with Crippen LogP contribution in [-0.2, 0) is 13.6 Å². The molecule has 1 amide bonds. The second-order valence-corrected chi connectivity index (χ2v) is 6.88. The molecule has 140 valence electrons. The van der Waals surface area contributed by atoms with Crippen LogP contribution in [-0.4, -0.2) is 58.2 Å². The topological polar surface area (TPSA) is 94.6 Å². The van der Waals surface area contributed by atoms with E-state index in [2.05, 4.69) is 29.7 Å². The summed E-state index contributed by atoms with van der Waals surface area (Å²) in [5.74, 6) is 2.12. The first-order valence-corrected chi connectivity index (χ1v) is 9.03. The molecule has 0 radical (unpaired) electrons. The van der Waals surface area contributed by atoms with E-state index < -0.39 is 0 Å². The van der Waals surface area contributed by atoms with Crippen molar-refractivity contribution in [2.24, 2.45) is 7.05 Å². The quantitative estimate of drug-likeness (QED) is 0.688. The molecule has 0 aliphatic carbocycles. The van der Waals surface area contributed by atoms with Crippen molar-refractivity contribution < 1.29 is 4.79 Å². The number of hydrogen-bond donors (Lipinski definition) is 0. The smallest absolute Gasteiger partial charge is 0.274 e. The Morgan fingerprint density at radius 2 is 2.00 bits per heavy atom. The Morgan fingerprint density at radius 3 is 2.67 bits per heavy atom. The first-order chi connectivity index (χ1) is 13.1. The molecule has 1 aliphatic rings. The molecule has 4 heterocycles. The van der Waals surface area contributed by atoms with E-state index in [1.54, 1.807) is 24.9 Å². The SMILES string of the molecule is Cc1cnc(C(=O)N2CCC(c3nnc(Cn4ccnc4)n3C)CC2)cn1. The minimum absolute atomic E-state index is 0.0558. The van der Waals surface area contributed by atoms with Crippen LogP contribution in [0.15, 0.2) is 31.1 Å². The van der Waals surface area contributed by atoms with Crippen LogP contribution in [0.5, 0.6) is 0 Å². The molecule has 1 aliphatic heterocycles. The van der Waals surface area contributed by atoms with Crippen LogP contribution in [0, 0.1) is 6.92 Å². The van der Waals surface area contributed by atoms with Gasteiger partial charge < -0.3 is 14.0 Å². The van der Waals surface area contributed by atoms with Crippen LogP contribution in [0.2, 0.25) is 0 Å². The van der Waals surface area contributed by atoms with Crippen LogP contribution in [0.25, 0.3) is 0 Å². The van der Waals surface area contributed by atoms with Gasteiger partial charge in [-0.3, -0.25) is 9.78 Å². The van der Waals surface area contributed by atoms with Gasteiger partial charge >= 0.3 is 0 Å². The number of amides is 1. The minimum Gasteiger partial charge on any atom is -0.337 e. The third-order valence-corrected chi connectivity index (χ3v) is 5.03. The summed E-state index contributed by atoms with van der Waals surface area (Å²) in [5.41, 5.74) is 1.21. The van der Waals surface area contributed by atoms with Crippen LogP contribution >= 0.6 is 0 Å². The van der Waals surface area contributed by atoms with Crippen molar-refractivity contribution in [2.75, 3.05) is 13.1 Å². The van der Waals surface area contributed by atoms with Crippen molar-refractivity contribution in [3.05, 3.63) is 54.2 Å². The summed E-state index contributed by atoms with van der Waals surface area (Å²) >= 11 is 0. The van der Waals surface area contributed by atoms with E-state index in [1.165, 1.54) is 0 Å². The average Bonchev–Trinajstić information content (AvgIpc) is 3.33. The van der Waals surface area contributed by atoms with Gasteiger partial charge in [-0.1, -0.05) is 0 Å². The first-order valence-electron chi connectivity index (χ1n) is 9.03. The lowest BCUT2D eigenvalue weighted by Crippen LogP contribution is -2.38. The molecule has 1 saturated heterocycles. The van der Waals surface area contributed by atoms with E-state index in [9.17, 15) is 4.79 Å². The third kappa shape index (κ3) is 3.57. The molecule has 0 atom stereocenters. The zero-order valence-electron chi connectivity index (χ0n) is 15.5. The lowest BCUT2D eigenvalue weighted by Gasteiger charge is -2.31. The van der Waals surface area contributed by atoms with E-state index in [0.29, 0.717) is 31.2 Å². The van der Waals surface area contributed by atoms with Gasteiger partial charge in [0.2, 0.25) is 0 Å². The average molecular weight is 366 g/mol. The van der Waals surface area contributed by atoms with Gasteiger partial charge in [-0.05, 0) is 19.8 Å². The van der Waals surface area contributed by atoms with Crippen LogP contribution in [0.1, 0.15) is 46.6 Å². The molecular weight excluding hydrogens is 344 g/mol. The standard InChI is InChI=1S/C18H22N8O/c1-13-9-21-15(10-20-13)18(27)26-6-3-14(4-7-26)17-23-22-16(24(17)2)11-25-8-5-19-12-25/h5,8-10,12,14H,3-4,6-7,11H2,1-2H3. The molecule has 0 unspecified atom stereocenters. The number of aryl methyl sites for hydroxylation is 1. The molecule has 0 N–H and O–H groups in total. The zero-order chi connectivity index (χ0) is 18.8. The van der Waals surface area contributed by atoms with Crippen molar-refractivity contribution in [2.45, 2.75) is 32.2 Å². The highest BCUT2D eigenvalue weighted by atomic mass is 16.2. The fourth-order valence-electron chi connectivity index (χ4n) is 3.42. The predicted octanol–water partition coefficient (Wildman–Crippen LogP) is 1.18. The van der Waals surface area contributed by atoms with Crippen LogP contribution in [0.4, 0.5) is 0 Å². The summed E-state index contributed by atoms with van der Waals surface area (Å²) in [6.07, 6.45) is 10.3. The molecule has 4 rings (SSSR count). The summed E-state index contributed by atoms with van der Waals surface area (Å²) in [6.45, 7) is 3.87. The van der Waals surface area contributed by atoms with E-state index in [4.69, 9.17) is 0 Å². The van der Waals surface area contributed by atoms with Crippen molar-refractivity contribution in [3.8, 4) is 0 Å². The van der Waals surface area contributed by atoms with Gasteiger partial charge in [0, 0.05) is 44.6 Å². The molecule has 0 spiro atoms. The maximum absolute atomic E-state index is 12.6. The molecule has 3 aromatic heterocycles. The van der Waals surface area contributed by atoms with Gasteiger partial charge in [-0.25, -0.2) is 9.97 Å². The minimum atomic E-state index is -0.0558. The highest BCUT2D eigenvalue weighted by Gasteiger charge is 2.28. The molecule has 9 nitrogen and oxygen atoms in total. The number of aromatic nitrogens is 7. The third-order valence-electron chi connectivity index (χ3n) is 5.03. The van der Waals surface area contributed by atoms with E-state index >= 15 is 0 Å². The number of imidazole rings is 1. The Hall–Kier alpha value is -3.10. The predicted molar refractivity (Wildman–Crippen MR) is 97.0 cm³/mol. The number of carbonyl (C=O) groups excluding carboxylic acids is 1. The lowest BCUT2D eigenvalue weighted by atomic mass is 9.95. The highest BCUT2D eigenvalue weighted by molar-refractivity contribution is 5.92. The Morgan fingerprint density at radius 1 is 1.19 bits per heavy atom. The molecule has 1 fully saturated rings. The van der Waals surface area contributed by atoms with Crippen molar-refractivity contribution in [3.63, 3.8) is 0 Å². The van der Waals surface area contributed by atoms with Crippen molar-refractivity contribution >= 4 is 5.91 Å². The second-order valence-electron chi connectivity index (χ2n) is 6.88. The fourth-order valence-corrected chi connectivity index (χ4v) is 3.42. The monoisotopic (exact) mass is 366 g/mol. The van der Waals surface area contributed by atoms with Crippen LogP contribution in [0.3, 0.4) is 0 Å². The zero-order valence-corrected chi connectivity index (χ0v) is 15.5. The van der Waals surface area contributed by atoms with Gasteiger partial charge in [-0.15, -0.1) is 10.2 Å². The van der Waals surface area contributed by atoms with Gasteiger partial charge in [-0.2, -0.15) is 0 Å². The molecule has 3 aromatic rings. The molecule has 0 aromatic carbocycles. The summed E-state index contributed by atoms with van der Waals surface area (Å²) < 4.78 is 4.03. The number of hydrogen-bond acceptors (Lipinski definition) is 6. The number of likely N-dealkylation sites (tertiary alicyclic amines) is 1. The number of carbonyl (C=O) groups is 1. The fraction of sp³-hybridized carbons (Fsp3) is 0.444. The maximum Gasteiger partial charge on any atom is 0.274 e. The summed E-state index contributed by atoms with van der Waals surface area (Å²) in [7, 11) is 2.00. The van der Waals surface area contributed by atoms with Crippen molar-refractivity contribution in [1.29, 1.82) is 0 Å². The molecule has 0 bridgehead atoms. The first kappa shape index (κ1) is 17.3. The summed E-state index contributed by atoms with van der Waals surface area (Å²) in [6, 6.07) is 0. The summed E-state index contributed by atoms with van der Waals surface area (Å²) in [5, 5.41) is 8.75. The van der Waals surface area contributed by atoms with Crippen molar-refractivity contribution in [1.82, 2.24) is 39.2 Å². The Labute approximate surface area is 157 Å². The van der Waals surface area contributed by atoms with E-state index in [-0.39, 0.29) is 5.91 Å². The Bertz CT molecular complexity index is 908. The Balaban J connectivity index is 1.40. The largest absolute Gasteiger partial charge is 0.337 e. The van der Waals surface area contributed by atoms with Gasteiger partial charge in [0.15, 0.2) is 5.82 Å². The van der Waals surface area contributed by atoms with Gasteiger partial charge in [0.05, 0.1) is 24.8 Å². The molecule has 0 saturated carbocycles. The van der Waals surface area contributed by atoms with Gasteiger partial charge in [0.1, 0.15) is 11.5 Å². The second kappa shape index (κ2) is 7.26. The number of piperidine rings is 1. The molecule has 27 heavy (non-hydrogen) atoms. The molecule has 9 heteroatoms. The van der Waals surface area contributed by atoms with Gasteiger partial charge in [0.25, 0.3) is 5.91 Å². The summed E-state index contributed by atoms with van der Waals surface area (Å²) in [4.78, 5) is 26.8. The molecular formula is C18H22N8O. The Kier molecular flexibility index (Phi) is 4.66.